The zero-order valence-corrected chi connectivity index (χ0v) is 18.1. The van der Waals surface area contributed by atoms with Crippen molar-refractivity contribution in [1.29, 1.82) is 0 Å². The molecule has 0 bridgehead atoms. The van der Waals surface area contributed by atoms with E-state index in [2.05, 4.69) is 66.4 Å². The molecule has 0 rings (SSSR count). The Kier molecular flexibility index (Phi) is 12.5. The summed E-state index contributed by atoms with van der Waals surface area (Å²) in [6, 6.07) is 0. The average Bonchev–Trinajstić information content (AvgIpc) is 2.49. The summed E-state index contributed by atoms with van der Waals surface area (Å²) in [7, 11) is -1.82. The van der Waals surface area contributed by atoms with Crippen molar-refractivity contribution >= 4 is 8.32 Å². The maximum absolute atomic E-state index is 10.0. The second-order valence-corrected chi connectivity index (χ2v) is 13.1. The zero-order valence-electron chi connectivity index (χ0n) is 17.1. The summed E-state index contributed by atoms with van der Waals surface area (Å²) in [5, 5.41) is 10.0. The van der Waals surface area contributed by atoms with Crippen LogP contribution in [0.15, 0.2) is 12.2 Å². The molecule has 0 heterocycles. The number of allylic oxidation sites excluding steroid dienone is 2. The summed E-state index contributed by atoms with van der Waals surface area (Å²) in [6.07, 6.45) is 8.78. The van der Waals surface area contributed by atoms with Crippen molar-refractivity contribution in [2.24, 2.45) is 0 Å². The van der Waals surface area contributed by atoms with Crippen LogP contribution in [-0.2, 0) is 4.43 Å². The smallest absolute Gasteiger partial charge is 0.200 e. The molecule has 0 saturated heterocycles. The third kappa shape index (κ3) is 8.01. The summed E-state index contributed by atoms with van der Waals surface area (Å²) < 4.78 is 6.45. The van der Waals surface area contributed by atoms with E-state index in [9.17, 15) is 5.11 Å². The van der Waals surface area contributed by atoms with E-state index in [1.165, 1.54) is 19.3 Å². The molecule has 0 radical (unpaired) electrons. The molecule has 0 spiro atoms. The average molecular weight is 353 g/mol. The van der Waals surface area contributed by atoms with Gasteiger partial charge in [0.2, 0.25) is 0 Å². The summed E-state index contributed by atoms with van der Waals surface area (Å²) in [5.41, 5.74) is 1.73. The molecule has 0 aromatic rings. The maximum atomic E-state index is 10.0. The summed E-state index contributed by atoms with van der Waals surface area (Å²) in [6.45, 7) is 16.5. The van der Waals surface area contributed by atoms with E-state index in [0.29, 0.717) is 29.7 Å². The van der Waals surface area contributed by atoms with Crippen molar-refractivity contribution in [3.05, 3.63) is 12.2 Å². The van der Waals surface area contributed by atoms with Crippen LogP contribution in [0.2, 0.25) is 16.6 Å². The van der Waals surface area contributed by atoms with Crippen LogP contribution in [0.4, 0.5) is 0 Å². The highest BCUT2D eigenvalue weighted by molar-refractivity contribution is 6.77. The Hall–Kier alpha value is -0.563. The van der Waals surface area contributed by atoms with E-state index in [1.807, 2.05) is 6.08 Å². The van der Waals surface area contributed by atoms with Crippen LogP contribution < -0.4 is 0 Å². The van der Waals surface area contributed by atoms with Gasteiger partial charge in [-0.3, -0.25) is 0 Å². The van der Waals surface area contributed by atoms with E-state index in [0.717, 1.165) is 6.42 Å². The Balaban J connectivity index is 4.38. The molecule has 0 aliphatic heterocycles. The largest absolute Gasteiger partial charge is 0.416 e. The second kappa shape index (κ2) is 12.8. The van der Waals surface area contributed by atoms with Crippen LogP contribution in [0.1, 0.15) is 80.6 Å². The normalized spacial score (nSPS) is 13.8. The number of unbranched alkanes of at least 4 members (excludes halogenated alkanes) is 3. The first kappa shape index (κ1) is 23.4. The van der Waals surface area contributed by atoms with Gasteiger partial charge in [-0.25, -0.2) is 0 Å². The molecule has 0 saturated carbocycles. The minimum atomic E-state index is -1.82. The lowest BCUT2D eigenvalue weighted by Gasteiger charge is -2.42. The summed E-state index contributed by atoms with van der Waals surface area (Å²) in [4.78, 5) is 0. The molecule has 0 amide bonds. The monoisotopic (exact) mass is 352 g/mol. The number of aliphatic hydroxyl groups is 1. The van der Waals surface area contributed by atoms with Crippen molar-refractivity contribution in [3.8, 4) is 11.8 Å². The maximum Gasteiger partial charge on any atom is 0.200 e. The van der Waals surface area contributed by atoms with E-state index in [1.54, 1.807) is 0 Å². The molecule has 1 unspecified atom stereocenters. The fourth-order valence-electron chi connectivity index (χ4n) is 3.72. The van der Waals surface area contributed by atoms with Gasteiger partial charge in [0.25, 0.3) is 0 Å². The Morgan fingerprint density at radius 3 is 2.08 bits per heavy atom. The van der Waals surface area contributed by atoms with Gasteiger partial charge in [-0.1, -0.05) is 79.2 Å². The third-order valence-corrected chi connectivity index (χ3v) is 11.0. The minimum absolute atomic E-state index is 0.576. The number of rotatable bonds is 11. The molecule has 140 valence electrons. The highest BCUT2D eigenvalue weighted by atomic mass is 28.4. The van der Waals surface area contributed by atoms with Crippen molar-refractivity contribution in [2.45, 2.75) is 103 Å². The first-order valence-corrected chi connectivity index (χ1v) is 11.9. The number of hydrogen-bond acceptors (Lipinski definition) is 2. The van der Waals surface area contributed by atoms with Gasteiger partial charge in [0.1, 0.15) is 6.10 Å². The molecule has 0 aliphatic carbocycles. The van der Waals surface area contributed by atoms with Gasteiger partial charge in [0, 0.05) is 13.0 Å². The van der Waals surface area contributed by atoms with E-state index >= 15 is 0 Å². The van der Waals surface area contributed by atoms with Gasteiger partial charge in [0.05, 0.1) is 0 Å². The lowest BCUT2D eigenvalue weighted by atomic mass is 10.2. The quantitative estimate of drug-likeness (QED) is 0.278. The second-order valence-electron chi connectivity index (χ2n) is 7.66. The van der Waals surface area contributed by atoms with Crippen molar-refractivity contribution in [1.82, 2.24) is 0 Å². The van der Waals surface area contributed by atoms with E-state index < -0.39 is 14.4 Å². The topological polar surface area (TPSA) is 29.5 Å². The Morgan fingerprint density at radius 2 is 1.58 bits per heavy atom. The Bertz CT molecular complexity index is 380. The standard InChI is InChI=1S/C21H40O2Si/c1-8-9-10-11-12-13-14-15-21(22)16-17-23-24(18(2)3,19(4)5)20(6)7/h12-13,18-22H,8-11,16-17H2,1-7H3/b13-12+. The minimum Gasteiger partial charge on any atom is -0.416 e. The van der Waals surface area contributed by atoms with Crippen LogP contribution in [0.5, 0.6) is 0 Å². The molecule has 1 N–H and O–H groups in total. The van der Waals surface area contributed by atoms with Gasteiger partial charge < -0.3 is 9.53 Å². The summed E-state index contributed by atoms with van der Waals surface area (Å²) >= 11 is 0. The molecule has 0 aromatic heterocycles. The first-order valence-electron chi connectivity index (χ1n) is 9.77. The number of aliphatic hydroxyl groups excluding tert-OH is 1. The van der Waals surface area contributed by atoms with Gasteiger partial charge >= 0.3 is 0 Å². The van der Waals surface area contributed by atoms with Crippen LogP contribution in [0, 0.1) is 11.8 Å². The Labute approximate surface area is 152 Å². The molecular weight excluding hydrogens is 312 g/mol. The zero-order chi connectivity index (χ0) is 18.6. The molecule has 1 atom stereocenters. The van der Waals surface area contributed by atoms with Crippen LogP contribution in [0.25, 0.3) is 0 Å². The fourth-order valence-corrected chi connectivity index (χ4v) is 9.19. The van der Waals surface area contributed by atoms with Crippen molar-refractivity contribution < 1.29 is 9.53 Å². The molecule has 0 aliphatic rings. The van der Waals surface area contributed by atoms with Crippen LogP contribution in [-0.4, -0.2) is 26.1 Å². The van der Waals surface area contributed by atoms with E-state index in [-0.39, 0.29) is 0 Å². The van der Waals surface area contributed by atoms with Gasteiger partial charge in [-0.15, -0.1) is 0 Å². The van der Waals surface area contributed by atoms with Gasteiger partial charge in [-0.2, -0.15) is 0 Å². The Morgan fingerprint density at radius 1 is 1.00 bits per heavy atom. The van der Waals surface area contributed by atoms with Crippen molar-refractivity contribution in [3.63, 3.8) is 0 Å². The molecule has 0 aromatic carbocycles. The van der Waals surface area contributed by atoms with Crippen molar-refractivity contribution in [2.75, 3.05) is 6.61 Å². The van der Waals surface area contributed by atoms with Gasteiger partial charge in [0.15, 0.2) is 8.32 Å². The lowest BCUT2D eigenvalue weighted by molar-refractivity contribution is 0.176. The lowest BCUT2D eigenvalue weighted by Crippen LogP contribution is -2.48. The predicted molar refractivity (Wildman–Crippen MR) is 109 cm³/mol. The number of hydrogen-bond donors (Lipinski definition) is 1. The highest BCUT2D eigenvalue weighted by Gasteiger charge is 2.44. The summed E-state index contributed by atoms with van der Waals surface area (Å²) in [5.74, 6) is 5.85. The molecular formula is C21H40O2Si. The molecule has 24 heavy (non-hydrogen) atoms. The van der Waals surface area contributed by atoms with Crippen LogP contribution in [0.3, 0.4) is 0 Å². The SMILES string of the molecule is CCCCC/C=C/C#CC(O)CCO[Si](C(C)C)(C(C)C)C(C)C. The first-order chi connectivity index (χ1) is 11.3. The third-order valence-electron chi connectivity index (χ3n) is 4.88. The van der Waals surface area contributed by atoms with Gasteiger partial charge in [-0.05, 0) is 35.5 Å². The highest BCUT2D eigenvalue weighted by Crippen LogP contribution is 2.42. The molecule has 3 heteroatoms. The van der Waals surface area contributed by atoms with E-state index in [4.69, 9.17) is 4.43 Å². The van der Waals surface area contributed by atoms with Crippen LogP contribution >= 0.6 is 0 Å². The molecule has 0 fully saturated rings. The fraction of sp³-hybridized carbons (Fsp3) is 0.810. The molecule has 2 nitrogen and oxygen atoms in total. The predicted octanol–water partition coefficient (Wildman–Crippen LogP) is 6.07.